The van der Waals surface area contributed by atoms with Gasteiger partial charge in [-0.25, -0.2) is 9.97 Å². The lowest BCUT2D eigenvalue weighted by Gasteiger charge is -2.20. The molecule has 2 heterocycles. The van der Waals surface area contributed by atoms with Crippen molar-refractivity contribution in [3.05, 3.63) is 15.6 Å². The maximum Gasteiger partial charge on any atom is 0.225 e. The molecule has 2 aromatic heterocycles. The lowest BCUT2D eigenvalue weighted by molar-refractivity contribution is 0.509. The highest BCUT2D eigenvalue weighted by Gasteiger charge is 2.24. The van der Waals surface area contributed by atoms with Gasteiger partial charge in [-0.2, -0.15) is 0 Å². The van der Waals surface area contributed by atoms with Crippen LogP contribution in [-0.4, -0.2) is 15.5 Å². The van der Waals surface area contributed by atoms with Crippen LogP contribution in [0.2, 0.25) is 5.15 Å². The van der Waals surface area contributed by atoms with E-state index < -0.39 is 0 Å². The zero-order valence-corrected chi connectivity index (χ0v) is 14.0. The molecular formula is C15H20ClN3S. The molecule has 1 aliphatic carbocycles. The molecule has 0 radical (unpaired) electrons. The number of nitrogens with one attached hydrogen (secondary N) is 1. The van der Waals surface area contributed by atoms with E-state index in [1.54, 1.807) is 11.3 Å². The van der Waals surface area contributed by atoms with E-state index in [-0.39, 0.29) is 5.54 Å². The van der Waals surface area contributed by atoms with Gasteiger partial charge in [-0.3, -0.25) is 0 Å². The van der Waals surface area contributed by atoms with E-state index in [4.69, 9.17) is 11.6 Å². The molecule has 0 amide bonds. The number of hydrogen-bond acceptors (Lipinski definition) is 4. The van der Waals surface area contributed by atoms with Crippen molar-refractivity contribution in [3.8, 4) is 0 Å². The topological polar surface area (TPSA) is 37.8 Å². The van der Waals surface area contributed by atoms with Gasteiger partial charge in [0.05, 0.1) is 5.39 Å². The Balaban J connectivity index is 2.09. The lowest BCUT2D eigenvalue weighted by atomic mass is 9.89. The lowest BCUT2D eigenvalue weighted by Crippen LogP contribution is -2.27. The molecular weight excluding hydrogens is 290 g/mol. The fraction of sp³-hybridized carbons (Fsp3) is 0.600. The number of halogens is 1. The summed E-state index contributed by atoms with van der Waals surface area (Å²) >= 11 is 8.20. The molecule has 0 saturated carbocycles. The molecule has 2 aromatic rings. The summed E-state index contributed by atoms with van der Waals surface area (Å²) in [6.45, 7) is 8.59. The molecule has 1 unspecified atom stereocenters. The Morgan fingerprint density at radius 3 is 2.75 bits per heavy atom. The summed E-state index contributed by atoms with van der Waals surface area (Å²) in [6, 6.07) is 0. The molecule has 108 valence electrons. The summed E-state index contributed by atoms with van der Waals surface area (Å²) < 4.78 is 0. The summed E-state index contributed by atoms with van der Waals surface area (Å²) in [5, 5.41) is 4.98. The summed E-state index contributed by atoms with van der Waals surface area (Å²) in [5.41, 5.74) is 1.32. The van der Waals surface area contributed by atoms with Gasteiger partial charge in [-0.05, 0) is 51.5 Å². The molecule has 20 heavy (non-hydrogen) atoms. The van der Waals surface area contributed by atoms with Gasteiger partial charge in [0.2, 0.25) is 5.95 Å². The normalized spacial score (nSPS) is 19.1. The number of aromatic nitrogens is 2. The van der Waals surface area contributed by atoms with E-state index in [1.165, 1.54) is 16.9 Å². The first-order valence-electron chi connectivity index (χ1n) is 7.09. The van der Waals surface area contributed by atoms with E-state index in [9.17, 15) is 0 Å². The van der Waals surface area contributed by atoms with Crippen LogP contribution >= 0.6 is 22.9 Å². The summed E-state index contributed by atoms with van der Waals surface area (Å²) in [4.78, 5) is 11.6. The molecule has 3 nitrogen and oxygen atoms in total. The number of fused-ring (bicyclic) bond motifs is 3. The highest BCUT2D eigenvalue weighted by molar-refractivity contribution is 7.19. The summed E-state index contributed by atoms with van der Waals surface area (Å²) in [5.74, 6) is 1.39. The largest absolute Gasteiger partial charge is 0.350 e. The minimum atomic E-state index is -0.0671. The SMILES string of the molecule is CC1CCc2c(sc3nc(NC(C)(C)C)nc(Cl)c23)C1. The van der Waals surface area contributed by atoms with Crippen molar-refractivity contribution in [3.63, 3.8) is 0 Å². The Kier molecular flexibility index (Phi) is 3.41. The van der Waals surface area contributed by atoms with Crippen molar-refractivity contribution in [2.45, 2.75) is 52.5 Å². The molecule has 1 aliphatic rings. The van der Waals surface area contributed by atoms with E-state index >= 15 is 0 Å². The molecule has 0 spiro atoms. The third-order valence-electron chi connectivity index (χ3n) is 3.60. The predicted molar refractivity (Wildman–Crippen MR) is 87.0 cm³/mol. The summed E-state index contributed by atoms with van der Waals surface area (Å²) in [6.07, 6.45) is 3.48. The maximum atomic E-state index is 6.42. The van der Waals surface area contributed by atoms with Gasteiger partial charge in [0.1, 0.15) is 9.98 Å². The standard InChI is InChI=1S/C15H20ClN3S/c1-8-5-6-9-10(7-8)20-13-11(9)12(16)17-14(18-13)19-15(2,3)4/h8H,5-7H2,1-4H3,(H,17,18,19). The van der Waals surface area contributed by atoms with Gasteiger partial charge in [0, 0.05) is 10.4 Å². The van der Waals surface area contributed by atoms with Crippen molar-refractivity contribution >= 4 is 39.1 Å². The fourth-order valence-electron chi connectivity index (χ4n) is 2.69. The quantitative estimate of drug-likeness (QED) is 0.777. The second-order valence-electron chi connectivity index (χ2n) is 6.74. The molecule has 0 saturated heterocycles. The number of thiophene rings is 1. The van der Waals surface area contributed by atoms with E-state index in [0.717, 1.165) is 29.0 Å². The van der Waals surface area contributed by atoms with Crippen LogP contribution in [-0.2, 0) is 12.8 Å². The highest BCUT2D eigenvalue weighted by atomic mass is 35.5. The average molecular weight is 310 g/mol. The van der Waals surface area contributed by atoms with Crippen LogP contribution < -0.4 is 5.32 Å². The van der Waals surface area contributed by atoms with Crippen LogP contribution in [0.15, 0.2) is 0 Å². The Morgan fingerprint density at radius 2 is 2.05 bits per heavy atom. The van der Waals surface area contributed by atoms with Crippen LogP contribution in [0.4, 0.5) is 5.95 Å². The van der Waals surface area contributed by atoms with E-state index in [2.05, 4.69) is 43.0 Å². The summed E-state index contributed by atoms with van der Waals surface area (Å²) in [7, 11) is 0. The van der Waals surface area contributed by atoms with Crippen LogP contribution in [0.5, 0.6) is 0 Å². The van der Waals surface area contributed by atoms with Gasteiger partial charge in [0.25, 0.3) is 0 Å². The Bertz CT molecular complexity index is 657. The van der Waals surface area contributed by atoms with Gasteiger partial charge < -0.3 is 5.32 Å². The van der Waals surface area contributed by atoms with Crippen molar-refractivity contribution < 1.29 is 0 Å². The Hall–Kier alpha value is -0.870. The van der Waals surface area contributed by atoms with Crippen LogP contribution in [0.25, 0.3) is 10.2 Å². The highest BCUT2D eigenvalue weighted by Crippen LogP contribution is 2.40. The fourth-order valence-corrected chi connectivity index (χ4v) is 4.41. The van der Waals surface area contributed by atoms with Gasteiger partial charge >= 0.3 is 0 Å². The molecule has 0 fully saturated rings. The Morgan fingerprint density at radius 1 is 1.30 bits per heavy atom. The monoisotopic (exact) mass is 309 g/mol. The maximum absolute atomic E-state index is 6.42. The predicted octanol–water partition coefficient (Wildman–Crippen LogP) is 4.68. The number of aryl methyl sites for hydroxylation is 1. The van der Waals surface area contributed by atoms with Gasteiger partial charge in [-0.1, -0.05) is 18.5 Å². The number of anilines is 1. The van der Waals surface area contributed by atoms with Crippen molar-refractivity contribution in [2.24, 2.45) is 5.92 Å². The molecule has 3 rings (SSSR count). The first-order valence-corrected chi connectivity index (χ1v) is 8.29. The van der Waals surface area contributed by atoms with Crippen molar-refractivity contribution in [2.75, 3.05) is 5.32 Å². The first kappa shape index (κ1) is 14.1. The second-order valence-corrected chi connectivity index (χ2v) is 8.19. The van der Waals surface area contributed by atoms with Crippen molar-refractivity contribution in [1.29, 1.82) is 0 Å². The van der Waals surface area contributed by atoms with E-state index in [0.29, 0.717) is 11.1 Å². The smallest absolute Gasteiger partial charge is 0.225 e. The minimum absolute atomic E-state index is 0.0671. The third-order valence-corrected chi connectivity index (χ3v) is 5.02. The van der Waals surface area contributed by atoms with E-state index in [1.807, 2.05) is 0 Å². The zero-order chi connectivity index (χ0) is 14.5. The molecule has 1 atom stereocenters. The van der Waals surface area contributed by atoms with Crippen molar-refractivity contribution in [1.82, 2.24) is 9.97 Å². The number of rotatable bonds is 1. The second kappa shape index (κ2) is 4.85. The number of nitrogens with zero attached hydrogens (tertiary/aromatic N) is 2. The van der Waals surface area contributed by atoms with Crippen LogP contribution in [0.1, 0.15) is 44.6 Å². The van der Waals surface area contributed by atoms with Gasteiger partial charge in [0.15, 0.2) is 0 Å². The molecule has 0 bridgehead atoms. The van der Waals surface area contributed by atoms with Crippen LogP contribution in [0.3, 0.4) is 0 Å². The average Bonchev–Trinajstić information content (AvgIpc) is 2.63. The molecule has 1 N–H and O–H groups in total. The zero-order valence-electron chi connectivity index (χ0n) is 12.4. The molecule has 0 aromatic carbocycles. The molecule has 5 heteroatoms. The molecule has 0 aliphatic heterocycles. The number of hydrogen-bond donors (Lipinski definition) is 1. The van der Waals surface area contributed by atoms with Crippen LogP contribution in [0, 0.1) is 5.92 Å². The van der Waals surface area contributed by atoms with Gasteiger partial charge in [-0.15, -0.1) is 11.3 Å². The Labute approximate surface area is 128 Å². The minimum Gasteiger partial charge on any atom is -0.350 e. The first-order chi connectivity index (χ1) is 9.33. The third kappa shape index (κ3) is 2.63.